The molecule has 1 heterocycles. The molecule has 0 spiro atoms. The van der Waals surface area contributed by atoms with Crippen LogP contribution in [0.2, 0.25) is 0 Å². The predicted octanol–water partition coefficient (Wildman–Crippen LogP) is 5.99. The summed E-state index contributed by atoms with van der Waals surface area (Å²) in [5.41, 5.74) is 2.89. The largest absolute Gasteiger partial charge is 0.493 e. The van der Waals surface area contributed by atoms with Crippen molar-refractivity contribution < 1.29 is 18.3 Å². The second-order valence-electron chi connectivity index (χ2n) is 9.58. The van der Waals surface area contributed by atoms with Crippen LogP contribution >= 0.6 is 0 Å². The molecule has 0 unspecified atom stereocenters. The number of benzene rings is 3. The Kier molecular flexibility index (Phi) is 6.69. The number of nitrogens with one attached hydrogen (secondary N) is 1. The molecule has 4 rings (SSSR count). The van der Waals surface area contributed by atoms with Crippen molar-refractivity contribution in [2.75, 3.05) is 10.8 Å². The van der Waals surface area contributed by atoms with Crippen molar-refractivity contribution >= 4 is 38.2 Å². The Labute approximate surface area is 210 Å². The molecule has 0 saturated heterocycles. The molecular weight excluding hydrogens is 476 g/mol. The third-order valence-electron chi connectivity index (χ3n) is 5.83. The summed E-state index contributed by atoms with van der Waals surface area (Å²) in [7, 11) is -4.08. The summed E-state index contributed by atoms with van der Waals surface area (Å²) in [5.74, 6) is -1.01. The minimum Gasteiger partial charge on any atom is -0.493 e. The van der Waals surface area contributed by atoms with Crippen molar-refractivity contribution in [2.24, 2.45) is 10.2 Å². The van der Waals surface area contributed by atoms with Crippen LogP contribution in [0.3, 0.4) is 0 Å². The number of aryl methyl sites for hydroxylation is 1. The number of anilines is 1. The summed E-state index contributed by atoms with van der Waals surface area (Å²) in [6, 6.07) is 20.5. The number of aromatic hydroxyl groups is 1. The lowest BCUT2D eigenvalue weighted by molar-refractivity contribution is -0.116. The third-order valence-corrected chi connectivity index (χ3v) is 7.62. The summed E-state index contributed by atoms with van der Waals surface area (Å²) < 4.78 is 28.3. The fraction of sp³-hybridized carbons (Fsp3) is 0.222. The Bertz CT molecular complexity index is 1530. The number of carbonyl (C=O) groups excluding carboxylic acids is 1. The highest BCUT2D eigenvalue weighted by Gasteiger charge is 2.28. The number of H-pyrrole nitrogens is 1. The zero-order chi connectivity index (χ0) is 26.1. The first kappa shape index (κ1) is 25.1. The van der Waals surface area contributed by atoms with Crippen LogP contribution in [0.5, 0.6) is 5.88 Å². The zero-order valence-electron chi connectivity index (χ0n) is 20.6. The molecule has 1 amide bonds. The van der Waals surface area contributed by atoms with Gasteiger partial charge in [-0.05, 0) is 48.2 Å². The van der Waals surface area contributed by atoms with Crippen molar-refractivity contribution in [3.8, 4) is 5.88 Å². The second kappa shape index (κ2) is 9.58. The first-order valence-electron chi connectivity index (χ1n) is 11.4. The van der Waals surface area contributed by atoms with Gasteiger partial charge in [-0.3, -0.25) is 9.10 Å². The number of fused-ring (bicyclic) bond motifs is 1. The smallest absolute Gasteiger partial charge is 0.285 e. The topological polar surface area (TPSA) is 115 Å². The van der Waals surface area contributed by atoms with Gasteiger partial charge in [0.1, 0.15) is 6.54 Å². The van der Waals surface area contributed by atoms with E-state index in [0.717, 1.165) is 15.4 Å². The van der Waals surface area contributed by atoms with Gasteiger partial charge < -0.3 is 10.1 Å². The minimum absolute atomic E-state index is 0.0649. The van der Waals surface area contributed by atoms with Crippen LogP contribution in [0.15, 0.2) is 87.9 Å². The van der Waals surface area contributed by atoms with Crippen molar-refractivity contribution in [1.82, 2.24) is 4.98 Å². The maximum atomic E-state index is 13.6. The van der Waals surface area contributed by atoms with E-state index < -0.39 is 22.5 Å². The van der Waals surface area contributed by atoms with Crippen LogP contribution in [0.25, 0.3) is 10.9 Å². The van der Waals surface area contributed by atoms with Gasteiger partial charge in [-0.25, -0.2) is 8.42 Å². The fourth-order valence-electron chi connectivity index (χ4n) is 3.75. The Hall–Kier alpha value is -3.98. The first-order chi connectivity index (χ1) is 17.0. The summed E-state index contributed by atoms with van der Waals surface area (Å²) >= 11 is 0. The molecule has 0 atom stereocenters. The molecule has 0 saturated carbocycles. The molecule has 0 bridgehead atoms. The van der Waals surface area contributed by atoms with Crippen LogP contribution in [0.4, 0.5) is 11.4 Å². The van der Waals surface area contributed by atoms with Crippen LogP contribution in [-0.2, 0) is 20.2 Å². The van der Waals surface area contributed by atoms with Crippen LogP contribution in [0.1, 0.15) is 31.9 Å². The zero-order valence-corrected chi connectivity index (χ0v) is 21.4. The van der Waals surface area contributed by atoms with Gasteiger partial charge in [0.15, 0.2) is 5.69 Å². The van der Waals surface area contributed by atoms with E-state index >= 15 is 0 Å². The monoisotopic (exact) mass is 504 g/mol. The number of hydrogen-bond acceptors (Lipinski definition) is 5. The molecule has 3 aromatic carbocycles. The fourth-order valence-corrected chi connectivity index (χ4v) is 5.17. The second-order valence-corrected chi connectivity index (χ2v) is 11.4. The van der Waals surface area contributed by atoms with Crippen molar-refractivity contribution in [1.29, 1.82) is 0 Å². The molecule has 1 aromatic heterocycles. The number of para-hydroxylation sites is 1. The number of hydrogen-bond donors (Lipinski definition) is 2. The Morgan fingerprint density at radius 3 is 2.25 bits per heavy atom. The number of carbonyl (C=O) groups is 1. The van der Waals surface area contributed by atoms with Gasteiger partial charge in [0, 0.05) is 5.39 Å². The van der Waals surface area contributed by atoms with E-state index in [4.69, 9.17) is 0 Å². The maximum absolute atomic E-state index is 13.6. The highest BCUT2D eigenvalue weighted by atomic mass is 32.2. The van der Waals surface area contributed by atoms with Crippen molar-refractivity contribution in [3.63, 3.8) is 0 Å². The molecule has 4 aromatic rings. The number of amides is 1. The lowest BCUT2D eigenvalue weighted by atomic mass is 9.87. The Morgan fingerprint density at radius 2 is 1.61 bits per heavy atom. The van der Waals surface area contributed by atoms with Gasteiger partial charge in [-0.2, -0.15) is 0 Å². The summed E-state index contributed by atoms with van der Waals surface area (Å²) in [6.07, 6.45) is 0. The lowest BCUT2D eigenvalue weighted by Crippen LogP contribution is -2.35. The first-order valence-corrected chi connectivity index (χ1v) is 12.8. The molecule has 0 aliphatic rings. The SMILES string of the molecule is Cc1ccc(N(CC(=O)N=Nc2c(O)[nH]c3ccccc23)S(=O)(=O)c2ccc(C(C)(C)C)cc2)cc1. The third kappa shape index (κ3) is 5.16. The van der Waals surface area contributed by atoms with Gasteiger partial charge in [0.2, 0.25) is 5.88 Å². The molecule has 8 nitrogen and oxygen atoms in total. The van der Waals surface area contributed by atoms with Crippen molar-refractivity contribution in [3.05, 3.63) is 83.9 Å². The molecule has 2 N–H and O–H groups in total. The lowest BCUT2D eigenvalue weighted by Gasteiger charge is -2.24. The van der Waals surface area contributed by atoms with E-state index in [1.54, 1.807) is 72.8 Å². The van der Waals surface area contributed by atoms with Gasteiger partial charge in [0.05, 0.1) is 16.1 Å². The number of sulfonamides is 1. The van der Waals surface area contributed by atoms with Gasteiger partial charge >= 0.3 is 0 Å². The normalized spacial score (nSPS) is 12.3. The van der Waals surface area contributed by atoms with Gasteiger partial charge in [-0.15, -0.1) is 10.2 Å². The molecule has 36 heavy (non-hydrogen) atoms. The number of aromatic nitrogens is 1. The molecule has 0 fully saturated rings. The molecular formula is C27H28N4O4S. The summed E-state index contributed by atoms with van der Waals surface area (Å²) in [5, 5.41) is 18.4. The number of rotatable bonds is 6. The van der Waals surface area contributed by atoms with Gasteiger partial charge in [0.25, 0.3) is 15.9 Å². The molecule has 0 aliphatic carbocycles. The van der Waals surface area contributed by atoms with E-state index in [9.17, 15) is 18.3 Å². The standard InChI is InChI=1S/C27H28N4O4S/c1-18-9-13-20(14-10-18)31(36(34,35)21-15-11-19(12-16-21)27(2,3)4)17-24(32)29-30-25-22-7-5-6-8-23(22)28-26(25)33/h5-16,28,33H,17H2,1-4H3. The average molecular weight is 505 g/mol. The van der Waals surface area contributed by atoms with Crippen LogP contribution < -0.4 is 4.31 Å². The van der Waals surface area contributed by atoms with E-state index in [2.05, 4.69) is 15.2 Å². The van der Waals surface area contributed by atoms with E-state index in [-0.39, 0.29) is 21.9 Å². The van der Waals surface area contributed by atoms with Crippen LogP contribution in [-0.4, -0.2) is 31.0 Å². The molecule has 9 heteroatoms. The molecule has 0 radical (unpaired) electrons. The number of nitrogens with zero attached hydrogens (tertiary/aromatic N) is 3. The maximum Gasteiger partial charge on any atom is 0.285 e. The van der Waals surface area contributed by atoms with E-state index in [1.165, 1.54) is 0 Å². The summed E-state index contributed by atoms with van der Waals surface area (Å²) in [6.45, 7) is 7.47. The Morgan fingerprint density at radius 1 is 0.972 bits per heavy atom. The van der Waals surface area contributed by atoms with E-state index in [0.29, 0.717) is 16.6 Å². The average Bonchev–Trinajstić information content (AvgIpc) is 3.16. The van der Waals surface area contributed by atoms with Crippen LogP contribution in [0, 0.1) is 6.92 Å². The quantitative estimate of drug-likeness (QED) is 0.314. The number of aromatic amines is 1. The van der Waals surface area contributed by atoms with E-state index in [1.807, 2.05) is 27.7 Å². The van der Waals surface area contributed by atoms with Crippen molar-refractivity contribution in [2.45, 2.75) is 38.0 Å². The summed E-state index contributed by atoms with van der Waals surface area (Å²) in [4.78, 5) is 15.7. The van der Waals surface area contributed by atoms with Gasteiger partial charge in [-0.1, -0.05) is 68.8 Å². The highest BCUT2D eigenvalue weighted by Crippen LogP contribution is 2.35. The highest BCUT2D eigenvalue weighted by molar-refractivity contribution is 7.92. The minimum atomic E-state index is -4.08. The molecule has 0 aliphatic heterocycles. The Balaban J connectivity index is 1.67. The predicted molar refractivity (Wildman–Crippen MR) is 140 cm³/mol. The number of azo groups is 1. The molecule has 186 valence electrons.